The molecular weight excluding hydrogens is 487 g/mol. The van der Waals surface area contributed by atoms with E-state index in [1.54, 1.807) is 12.1 Å². The van der Waals surface area contributed by atoms with Crippen molar-refractivity contribution >= 4 is 34.7 Å². The number of methoxy groups -OCH3 is 2. The number of carbonyl (C=O) groups is 1. The zero-order valence-electron chi connectivity index (χ0n) is 20.9. The number of unbranched alkanes of at least 4 members (excludes halogenated alkanes) is 7. The maximum atomic E-state index is 12.2. The van der Waals surface area contributed by atoms with Gasteiger partial charge in [0.15, 0.2) is 5.75 Å². The second kappa shape index (κ2) is 16.3. The van der Waals surface area contributed by atoms with Gasteiger partial charge < -0.3 is 18.9 Å². The third kappa shape index (κ3) is 9.65. The first kappa shape index (κ1) is 28.9. The van der Waals surface area contributed by atoms with E-state index in [1.807, 2.05) is 24.3 Å². The Labute approximate surface area is 219 Å². The molecule has 2 aromatic carbocycles. The van der Waals surface area contributed by atoms with Gasteiger partial charge in [-0.3, -0.25) is 0 Å². The van der Waals surface area contributed by atoms with Crippen LogP contribution in [0, 0.1) is 0 Å². The maximum Gasteiger partial charge on any atom is 0.341 e. The van der Waals surface area contributed by atoms with Crippen LogP contribution in [0.3, 0.4) is 0 Å². The highest BCUT2D eigenvalue weighted by molar-refractivity contribution is 6.37. The van der Waals surface area contributed by atoms with Crippen LogP contribution in [0.4, 0.5) is 0 Å². The van der Waals surface area contributed by atoms with Crippen LogP contribution in [0.2, 0.25) is 10.0 Å². The lowest BCUT2D eigenvalue weighted by Crippen LogP contribution is -2.08. The molecule has 0 radical (unpaired) electrons. The summed E-state index contributed by atoms with van der Waals surface area (Å²) in [6.07, 6.45) is 11.2. The quantitative estimate of drug-likeness (QED) is 0.0960. The predicted octanol–water partition coefficient (Wildman–Crippen LogP) is 8.25. The van der Waals surface area contributed by atoms with E-state index >= 15 is 0 Å². The Morgan fingerprint density at radius 2 is 1.51 bits per heavy atom. The monoisotopic (exact) mass is 522 g/mol. The fourth-order valence-electron chi connectivity index (χ4n) is 3.69. The Morgan fingerprint density at radius 3 is 2.14 bits per heavy atom. The van der Waals surface area contributed by atoms with Crippen LogP contribution in [0.5, 0.6) is 11.5 Å². The highest BCUT2D eigenvalue weighted by atomic mass is 35.5. The Morgan fingerprint density at radius 1 is 0.886 bits per heavy atom. The van der Waals surface area contributed by atoms with Gasteiger partial charge in [0.2, 0.25) is 0 Å². The first-order valence-electron chi connectivity index (χ1n) is 12.2. The van der Waals surface area contributed by atoms with Crippen LogP contribution in [0.15, 0.2) is 42.7 Å². The van der Waals surface area contributed by atoms with Gasteiger partial charge in [-0.2, -0.15) is 0 Å². The van der Waals surface area contributed by atoms with Crippen LogP contribution in [-0.4, -0.2) is 26.8 Å². The highest BCUT2D eigenvalue weighted by Gasteiger charge is 2.17. The van der Waals surface area contributed by atoms with Crippen molar-refractivity contribution in [2.24, 2.45) is 0 Å². The minimum atomic E-state index is -0.497. The third-order valence-electron chi connectivity index (χ3n) is 5.56. The van der Waals surface area contributed by atoms with Crippen molar-refractivity contribution in [3.05, 3.63) is 63.8 Å². The molecular formula is C28H36Cl2O5. The van der Waals surface area contributed by atoms with E-state index in [0.717, 1.165) is 18.4 Å². The van der Waals surface area contributed by atoms with Crippen molar-refractivity contribution < 1.29 is 23.7 Å². The van der Waals surface area contributed by atoms with Crippen LogP contribution >= 0.6 is 23.2 Å². The topological polar surface area (TPSA) is 54.0 Å². The summed E-state index contributed by atoms with van der Waals surface area (Å²) in [4.78, 5) is 12.2. The molecule has 0 saturated heterocycles. The number of rotatable bonds is 16. The Kier molecular flexibility index (Phi) is 13.5. The van der Waals surface area contributed by atoms with Crippen molar-refractivity contribution in [2.45, 2.75) is 64.9 Å². The smallest absolute Gasteiger partial charge is 0.341 e. The molecule has 2 rings (SSSR count). The summed E-state index contributed by atoms with van der Waals surface area (Å²) in [5.41, 5.74) is 1.74. The van der Waals surface area contributed by atoms with Gasteiger partial charge in [-0.1, -0.05) is 99.3 Å². The Bertz CT molecular complexity index is 935. The molecule has 0 aliphatic carbocycles. The van der Waals surface area contributed by atoms with Crippen LogP contribution in [-0.2, 0) is 20.9 Å². The molecule has 192 valence electrons. The van der Waals surface area contributed by atoms with Gasteiger partial charge >= 0.3 is 5.97 Å². The van der Waals surface area contributed by atoms with Gasteiger partial charge in [0.25, 0.3) is 0 Å². The van der Waals surface area contributed by atoms with Crippen molar-refractivity contribution in [3.8, 4) is 11.5 Å². The molecule has 2 aromatic rings. The van der Waals surface area contributed by atoms with Crippen molar-refractivity contribution in [1.82, 2.24) is 0 Å². The minimum Gasteiger partial charge on any atom is -0.503 e. The van der Waals surface area contributed by atoms with Gasteiger partial charge in [-0.15, -0.1) is 0 Å². The summed E-state index contributed by atoms with van der Waals surface area (Å²) in [6, 6.07) is 10.7. The summed E-state index contributed by atoms with van der Waals surface area (Å²) in [5.74, 6) is 0.480. The SMILES string of the molecule is CCCCCCCCCCOc1c(Cl)cc(OCc2ccccc2C(=COC)C(=O)OC)cc1Cl. The van der Waals surface area contributed by atoms with E-state index in [0.29, 0.717) is 39.3 Å². The van der Waals surface area contributed by atoms with Gasteiger partial charge in [0.05, 0.1) is 37.1 Å². The highest BCUT2D eigenvalue weighted by Crippen LogP contribution is 2.37. The lowest BCUT2D eigenvalue weighted by molar-refractivity contribution is -0.133. The molecule has 0 unspecified atom stereocenters. The largest absolute Gasteiger partial charge is 0.503 e. The molecule has 0 aromatic heterocycles. The standard InChI is InChI=1S/C28H36Cl2O5/c1-4-5-6-7-8-9-10-13-16-34-27-25(29)17-22(18-26(27)30)35-19-21-14-11-12-15-23(21)24(20-32-2)28(31)33-3/h11-12,14-15,17-18,20H,4-10,13,16,19H2,1-3H3. The summed E-state index contributed by atoms with van der Waals surface area (Å²) in [6.45, 7) is 3.00. The number of carbonyl (C=O) groups excluding carboxylic acids is 1. The second-order valence-electron chi connectivity index (χ2n) is 8.24. The lowest BCUT2D eigenvalue weighted by atomic mass is 10.0. The normalized spacial score (nSPS) is 11.3. The van der Waals surface area contributed by atoms with Crippen molar-refractivity contribution in [1.29, 1.82) is 0 Å². The number of benzene rings is 2. The first-order valence-corrected chi connectivity index (χ1v) is 12.9. The molecule has 0 saturated carbocycles. The average molecular weight is 523 g/mol. The van der Waals surface area contributed by atoms with E-state index in [-0.39, 0.29) is 6.61 Å². The molecule has 5 nitrogen and oxygen atoms in total. The lowest BCUT2D eigenvalue weighted by Gasteiger charge is -2.15. The summed E-state index contributed by atoms with van der Waals surface area (Å²) in [7, 11) is 2.80. The zero-order valence-corrected chi connectivity index (χ0v) is 22.4. The first-order chi connectivity index (χ1) is 17.0. The molecule has 0 fully saturated rings. The number of ether oxygens (including phenoxy) is 4. The molecule has 7 heteroatoms. The van der Waals surface area contributed by atoms with E-state index in [4.69, 9.17) is 42.1 Å². The van der Waals surface area contributed by atoms with Crippen LogP contribution < -0.4 is 9.47 Å². The van der Waals surface area contributed by atoms with E-state index in [9.17, 15) is 4.79 Å². The fourth-order valence-corrected chi connectivity index (χ4v) is 4.26. The average Bonchev–Trinajstić information content (AvgIpc) is 2.86. The Balaban J connectivity index is 1.94. The molecule has 0 spiro atoms. The summed E-state index contributed by atoms with van der Waals surface area (Å²) >= 11 is 12.9. The minimum absolute atomic E-state index is 0.194. The maximum absolute atomic E-state index is 12.2. The molecule has 0 bridgehead atoms. The van der Waals surface area contributed by atoms with Crippen molar-refractivity contribution in [3.63, 3.8) is 0 Å². The number of halogens is 2. The zero-order chi connectivity index (χ0) is 25.5. The molecule has 0 N–H and O–H groups in total. The molecule has 0 aliphatic heterocycles. The third-order valence-corrected chi connectivity index (χ3v) is 6.12. The molecule has 0 amide bonds. The summed E-state index contributed by atoms with van der Waals surface area (Å²) < 4.78 is 21.7. The van der Waals surface area contributed by atoms with E-state index < -0.39 is 5.97 Å². The van der Waals surface area contributed by atoms with Crippen LogP contribution in [0.25, 0.3) is 5.57 Å². The summed E-state index contributed by atoms with van der Waals surface area (Å²) in [5, 5.41) is 0.796. The molecule has 0 aliphatic rings. The van der Waals surface area contributed by atoms with Crippen LogP contribution in [0.1, 0.15) is 69.4 Å². The predicted molar refractivity (Wildman–Crippen MR) is 142 cm³/mol. The van der Waals surface area contributed by atoms with Gasteiger partial charge in [0.1, 0.15) is 17.9 Å². The molecule has 0 heterocycles. The van der Waals surface area contributed by atoms with Crippen molar-refractivity contribution in [2.75, 3.05) is 20.8 Å². The van der Waals surface area contributed by atoms with Gasteiger partial charge in [0, 0.05) is 12.1 Å². The Hall–Kier alpha value is -2.37. The molecule has 35 heavy (non-hydrogen) atoms. The fraction of sp³-hybridized carbons (Fsp3) is 0.464. The van der Waals surface area contributed by atoms with E-state index in [1.165, 1.54) is 59.0 Å². The van der Waals surface area contributed by atoms with Gasteiger partial charge in [-0.25, -0.2) is 4.79 Å². The van der Waals surface area contributed by atoms with Gasteiger partial charge in [-0.05, 0) is 17.5 Å². The number of esters is 1. The second-order valence-corrected chi connectivity index (χ2v) is 9.06. The number of hydrogen-bond acceptors (Lipinski definition) is 5. The van der Waals surface area contributed by atoms with E-state index in [2.05, 4.69) is 6.92 Å². The number of hydrogen-bond donors (Lipinski definition) is 0. The molecule has 0 atom stereocenters.